The summed E-state index contributed by atoms with van der Waals surface area (Å²) >= 11 is 0. The van der Waals surface area contributed by atoms with E-state index in [4.69, 9.17) is 10.3 Å². The molecule has 2 aromatic carbocycles. The molecular weight excluding hydrogens is 426 g/mol. The summed E-state index contributed by atoms with van der Waals surface area (Å²) in [6, 6.07) is 10.8. The first-order chi connectivity index (χ1) is 16.0. The number of aromatic hydroxyl groups is 1. The molecular formula is C23H25N5O5. The Balaban J connectivity index is 1.74. The van der Waals surface area contributed by atoms with Gasteiger partial charge in [-0.15, -0.1) is 0 Å². The fraction of sp³-hybridized carbons (Fsp3) is 0.261. The molecule has 0 aliphatic carbocycles. The first-order valence-corrected chi connectivity index (χ1v) is 10.3. The predicted octanol–water partition coefficient (Wildman–Crippen LogP) is 2.80. The van der Waals surface area contributed by atoms with Gasteiger partial charge in [-0.1, -0.05) is 12.1 Å². The topological polar surface area (TPSA) is 144 Å². The van der Waals surface area contributed by atoms with E-state index in [1.165, 1.54) is 24.2 Å². The van der Waals surface area contributed by atoms with Crippen molar-refractivity contribution in [3.63, 3.8) is 0 Å². The first-order valence-electron chi connectivity index (χ1n) is 10.3. The molecule has 172 valence electrons. The molecule has 0 saturated carbocycles. The van der Waals surface area contributed by atoms with Gasteiger partial charge in [-0.3, -0.25) is 9.59 Å². The third-order valence-corrected chi connectivity index (χ3v) is 5.21. The molecule has 3 rings (SSSR count). The molecule has 2 amide bonds. The zero-order valence-electron chi connectivity index (χ0n) is 18.1. The van der Waals surface area contributed by atoms with Gasteiger partial charge in [0.05, 0.1) is 6.54 Å². The van der Waals surface area contributed by atoms with Crippen LogP contribution in [0.2, 0.25) is 0 Å². The van der Waals surface area contributed by atoms with Crippen LogP contribution in [-0.4, -0.2) is 47.8 Å². The number of benzene rings is 2. The minimum Gasteiger partial charge on any atom is -0.508 e. The standard InChI is InChI=1S/C23H25N5O5/c1-25-22(31)20(8-4-10-29)28-13-19-18(23(28)32)7-3-9-21(19)33-14-16(27-24)12-26-15-5-2-6-17(30)11-15/h2-3,5-7,9-12,20,24,26,30H,4,8,13-14H2,1H3,(H,25,31)/b16-12-,27-24?. The van der Waals surface area contributed by atoms with Gasteiger partial charge in [0.15, 0.2) is 0 Å². The zero-order chi connectivity index (χ0) is 23.8. The van der Waals surface area contributed by atoms with E-state index in [2.05, 4.69) is 15.7 Å². The van der Waals surface area contributed by atoms with Crippen LogP contribution in [-0.2, 0) is 16.1 Å². The summed E-state index contributed by atoms with van der Waals surface area (Å²) in [6.07, 6.45) is 2.60. The number of phenols is 1. The first kappa shape index (κ1) is 23.5. The summed E-state index contributed by atoms with van der Waals surface area (Å²) in [7, 11) is 1.49. The second-order valence-corrected chi connectivity index (χ2v) is 7.32. The van der Waals surface area contributed by atoms with E-state index in [0.717, 1.165) is 6.29 Å². The Morgan fingerprint density at radius 1 is 1.33 bits per heavy atom. The van der Waals surface area contributed by atoms with Gasteiger partial charge in [0.2, 0.25) is 5.91 Å². The number of anilines is 1. The number of hydrogen-bond acceptors (Lipinski definition) is 8. The van der Waals surface area contributed by atoms with E-state index < -0.39 is 6.04 Å². The van der Waals surface area contributed by atoms with Gasteiger partial charge >= 0.3 is 0 Å². The molecule has 0 spiro atoms. The number of nitrogens with one attached hydrogen (secondary N) is 3. The number of nitrogens with zero attached hydrogens (tertiary/aromatic N) is 2. The molecule has 33 heavy (non-hydrogen) atoms. The smallest absolute Gasteiger partial charge is 0.255 e. The van der Waals surface area contributed by atoms with Crippen LogP contribution >= 0.6 is 0 Å². The van der Waals surface area contributed by atoms with Crippen molar-refractivity contribution in [1.82, 2.24) is 10.2 Å². The summed E-state index contributed by atoms with van der Waals surface area (Å²) in [6.45, 7) is 0.129. The van der Waals surface area contributed by atoms with Gasteiger partial charge in [-0.2, -0.15) is 5.11 Å². The van der Waals surface area contributed by atoms with Crippen molar-refractivity contribution in [2.45, 2.75) is 25.4 Å². The summed E-state index contributed by atoms with van der Waals surface area (Å²) in [5.41, 5.74) is 9.36. The van der Waals surface area contributed by atoms with Crippen molar-refractivity contribution in [3.05, 3.63) is 65.5 Å². The van der Waals surface area contributed by atoms with Gasteiger partial charge in [-0.25, -0.2) is 5.53 Å². The van der Waals surface area contributed by atoms with Crippen molar-refractivity contribution in [3.8, 4) is 11.5 Å². The maximum absolute atomic E-state index is 13.0. The molecule has 10 heteroatoms. The Hall–Kier alpha value is -4.21. The molecule has 1 unspecified atom stereocenters. The highest BCUT2D eigenvalue weighted by atomic mass is 16.5. The van der Waals surface area contributed by atoms with Gasteiger partial charge in [-0.05, 0) is 30.7 Å². The number of aldehydes is 1. The highest BCUT2D eigenvalue weighted by molar-refractivity contribution is 6.01. The lowest BCUT2D eigenvalue weighted by Gasteiger charge is -2.25. The van der Waals surface area contributed by atoms with Crippen LogP contribution < -0.4 is 15.4 Å². The number of phenolic OH excluding ortho intramolecular Hbond substituents is 1. The van der Waals surface area contributed by atoms with Crippen molar-refractivity contribution in [1.29, 1.82) is 5.53 Å². The molecule has 1 aliphatic heterocycles. The Morgan fingerprint density at radius 3 is 2.82 bits per heavy atom. The number of hydrogen-bond donors (Lipinski definition) is 4. The fourth-order valence-electron chi connectivity index (χ4n) is 3.55. The van der Waals surface area contributed by atoms with Crippen LogP contribution in [0.25, 0.3) is 0 Å². The van der Waals surface area contributed by atoms with E-state index in [1.807, 2.05) is 0 Å². The van der Waals surface area contributed by atoms with Crippen molar-refractivity contribution < 1.29 is 24.2 Å². The second kappa shape index (κ2) is 10.9. The quantitative estimate of drug-likeness (QED) is 0.305. The number of ether oxygens (including phenoxy) is 1. The molecule has 0 radical (unpaired) electrons. The minimum absolute atomic E-state index is 0.0377. The number of rotatable bonds is 11. The lowest BCUT2D eigenvalue weighted by molar-refractivity contribution is -0.125. The summed E-state index contributed by atoms with van der Waals surface area (Å²) in [5, 5.41) is 18.5. The normalized spacial score (nSPS) is 13.8. The number of carbonyl (C=O) groups excluding carboxylic acids is 3. The largest absolute Gasteiger partial charge is 0.508 e. The van der Waals surface area contributed by atoms with Crippen LogP contribution in [0.1, 0.15) is 28.8 Å². The molecule has 4 N–H and O–H groups in total. The molecule has 0 saturated heterocycles. The monoisotopic (exact) mass is 451 g/mol. The molecule has 10 nitrogen and oxygen atoms in total. The minimum atomic E-state index is -0.766. The van der Waals surface area contributed by atoms with Crippen LogP contribution in [0.3, 0.4) is 0 Å². The Labute approximate surface area is 190 Å². The van der Waals surface area contributed by atoms with Crippen LogP contribution in [0.5, 0.6) is 11.5 Å². The van der Waals surface area contributed by atoms with E-state index in [-0.39, 0.29) is 49.3 Å². The van der Waals surface area contributed by atoms with Crippen LogP contribution in [0.4, 0.5) is 5.69 Å². The zero-order valence-corrected chi connectivity index (χ0v) is 18.1. The molecule has 1 aliphatic rings. The summed E-state index contributed by atoms with van der Waals surface area (Å²) in [5.74, 6) is -0.0919. The number of carbonyl (C=O) groups is 3. The Morgan fingerprint density at radius 2 is 2.12 bits per heavy atom. The Kier molecular flexibility index (Phi) is 7.74. The summed E-state index contributed by atoms with van der Waals surface area (Å²) < 4.78 is 5.85. The van der Waals surface area contributed by atoms with Gasteiger partial charge < -0.3 is 30.2 Å². The van der Waals surface area contributed by atoms with E-state index in [9.17, 15) is 19.5 Å². The average molecular weight is 451 g/mol. The number of fused-ring (bicyclic) bond motifs is 1. The van der Waals surface area contributed by atoms with Crippen molar-refractivity contribution in [2.75, 3.05) is 19.0 Å². The maximum atomic E-state index is 13.0. The molecule has 2 aromatic rings. The third-order valence-electron chi connectivity index (χ3n) is 5.21. The van der Waals surface area contributed by atoms with Gasteiger partial charge in [0.25, 0.3) is 5.91 Å². The second-order valence-electron chi connectivity index (χ2n) is 7.32. The van der Waals surface area contributed by atoms with Gasteiger partial charge in [0.1, 0.15) is 36.1 Å². The van der Waals surface area contributed by atoms with Crippen molar-refractivity contribution in [2.24, 2.45) is 5.11 Å². The summed E-state index contributed by atoms with van der Waals surface area (Å²) in [4.78, 5) is 37.6. The highest BCUT2D eigenvalue weighted by Gasteiger charge is 2.37. The average Bonchev–Trinajstić information content (AvgIpc) is 3.16. The maximum Gasteiger partial charge on any atom is 0.255 e. The Bertz CT molecular complexity index is 1080. The number of likely N-dealkylation sites (N-methyl/N-ethyl adjacent to an activating group) is 1. The fourth-order valence-corrected chi connectivity index (χ4v) is 3.55. The number of amides is 2. The third kappa shape index (κ3) is 5.53. The lowest BCUT2D eigenvalue weighted by Crippen LogP contribution is -2.46. The van der Waals surface area contributed by atoms with Crippen molar-refractivity contribution >= 4 is 23.8 Å². The molecule has 0 bridgehead atoms. The van der Waals surface area contributed by atoms with Crippen LogP contribution in [0, 0.1) is 5.53 Å². The predicted molar refractivity (Wildman–Crippen MR) is 120 cm³/mol. The molecule has 0 aromatic heterocycles. The lowest BCUT2D eigenvalue weighted by atomic mass is 10.1. The van der Waals surface area contributed by atoms with E-state index in [1.54, 1.807) is 36.4 Å². The highest BCUT2D eigenvalue weighted by Crippen LogP contribution is 2.33. The van der Waals surface area contributed by atoms with Gasteiger partial charge in [0, 0.05) is 42.5 Å². The van der Waals surface area contributed by atoms with E-state index >= 15 is 0 Å². The van der Waals surface area contributed by atoms with Crippen LogP contribution in [0.15, 0.2) is 59.5 Å². The SMILES string of the molecule is CNC(=O)C(CCC=O)N1Cc2c(OC/C(=C/Nc3cccc(O)c3)N=N)cccc2C1=O. The molecule has 1 atom stereocenters. The molecule has 0 fully saturated rings. The molecule has 1 heterocycles. The van der Waals surface area contributed by atoms with E-state index in [0.29, 0.717) is 22.6 Å².